The molecular weight excluding hydrogens is 372 g/mol. The maximum Gasteiger partial charge on any atom is 0.269 e. The molecule has 9 heteroatoms. The van der Waals surface area contributed by atoms with Gasteiger partial charge in [0, 0.05) is 31.3 Å². The molecule has 148 valence electrons. The van der Waals surface area contributed by atoms with Crippen LogP contribution < -0.4 is 5.32 Å². The standard InChI is InChI=1S/C20H20N6O3/c1-21-20(27)18-10-15-4-2-3-5-16(15)11-24(18)13-25-12-22-19(23-25)14-6-8-17(9-7-14)26(28)29/h2-9,12,18H,10-11,13H2,1H3,(H,21,27). The number of hydrogen-bond acceptors (Lipinski definition) is 6. The third-order valence-electron chi connectivity index (χ3n) is 5.09. The molecule has 1 aliphatic rings. The number of rotatable bonds is 5. The van der Waals surface area contributed by atoms with Crippen LogP contribution in [-0.2, 0) is 24.4 Å². The van der Waals surface area contributed by atoms with Gasteiger partial charge in [-0.3, -0.25) is 19.8 Å². The van der Waals surface area contributed by atoms with Crippen molar-refractivity contribution in [1.29, 1.82) is 0 Å². The zero-order chi connectivity index (χ0) is 20.4. The Balaban J connectivity index is 1.55. The van der Waals surface area contributed by atoms with Gasteiger partial charge in [0.25, 0.3) is 5.69 Å². The molecule has 29 heavy (non-hydrogen) atoms. The highest BCUT2D eigenvalue weighted by Crippen LogP contribution is 2.24. The number of fused-ring (bicyclic) bond motifs is 1. The van der Waals surface area contributed by atoms with E-state index in [0.717, 1.165) is 0 Å². The molecule has 1 atom stereocenters. The second-order valence-electron chi connectivity index (χ2n) is 6.90. The molecule has 0 bridgehead atoms. The Morgan fingerprint density at radius 3 is 2.62 bits per heavy atom. The zero-order valence-electron chi connectivity index (χ0n) is 15.9. The van der Waals surface area contributed by atoms with Crippen molar-refractivity contribution in [1.82, 2.24) is 25.0 Å². The van der Waals surface area contributed by atoms with Gasteiger partial charge in [0.1, 0.15) is 6.33 Å². The highest BCUT2D eigenvalue weighted by Gasteiger charge is 2.31. The summed E-state index contributed by atoms with van der Waals surface area (Å²) in [5, 5.41) is 18.0. The second kappa shape index (κ2) is 7.80. The van der Waals surface area contributed by atoms with Crippen molar-refractivity contribution in [3.05, 3.63) is 76.1 Å². The lowest BCUT2D eigenvalue weighted by atomic mass is 9.94. The van der Waals surface area contributed by atoms with Gasteiger partial charge in [-0.15, -0.1) is 5.10 Å². The van der Waals surface area contributed by atoms with Crippen molar-refractivity contribution in [2.75, 3.05) is 7.05 Å². The highest BCUT2D eigenvalue weighted by atomic mass is 16.6. The van der Waals surface area contributed by atoms with E-state index in [-0.39, 0.29) is 17.6 Å². The minimum atomic E-state index is -0.442. The Labute approximate surface area is 167 Å². The van der Waals surface area contributed by atoms with E-state index in [0.29, 0.717) is 31.0 Å². The van der Waals surface area contributed by atoms with E-state index in [9.17, 15) is 14.9 Å². The van der Waals surface area contributed by atoms with Gasteiger partial charge in [0.2, 0.25) is 5.91 Å². The van der Waals surface area contributed by atoms with Crippen molar-refractivity contribution in [3.63, 3.8) is 0 Å². The Morgan fingerprint density at radius 1 is 1.21 bits per heavy atom. The quantitative estimate of drug-likeness (QED) is 0.526. The molecule has 1 unspecified atom stereocenters. The van der Waals surface area contributed by atoms with Gasteiger partial charge < -0.3 is 5.32 Å². The Bertz CT molecular complexity index is 1050. The third-order valence-corrected chi connectivity index (χ3v) is 5.09. The monoisotopic (exact) mass is 392 g/mol. The van der Waals surface area contributed by atoms with Crippen LogP contribution in [0.4, 0.5) is 5.69 Å². The van der Waals surface area contributed by atoms with Gasteiger partial charge in [-0.2, -0.15) is 0 Å². The van der Waals surface area contributed by atoms with Crippen molar-refractivity contribution >= 4 is 11.6 Å². The van der Waals surface area contributed by atoms with Crippen LogP contribution in [0.25, 0.3) is 11.4 Å². The molecule has 3 aromatic rings. The maximum absolute atomic E-state index is 12.4. The van der Waals surface area contributed by atoms with Crippen LogP contribution in [0.2, 0.25) is 0 Å². The fourth-order valence-corrected chi connectivity index (χ4v) is 3.56. The number of benzene rings is 2. The summed E-state index contributed by atoms with van der Waals surface area (Å²) in [5.41, 5.74) is 3.10. The van der Waals surface area contributed by atoms with Gasteiger partial charge in [-0.05, 0) is 29.7 Å². The van der Waals surface area contributed by atoms with E-state index >= 15 is 0 Å². The van der Waals surface area contributed by atoms with E-state index in [4.69, 9.17) is 0 Å². The summed E-state index contributed by atoms with van der Waals surface area (Å²) in [6, 6.07) is 13.9. The second-order valence-corrected chi connectivity index (χ2v) is 6.90. The summed E-state index contributed by atoms with van der Waals surface area (Å²) in [6.07, 6.45) is 2.25. The van der Waals surface area contributed by atoms with Crippen molar-refractivity contribution in [2.45, 2.75) is 25.7 Å². The van der Waals surface area contributed by atoms with Crippen LogP contribution in [0.1, 0.15) is 11.1 Å². The predicted octanol–water partition coefficient (Wildman–Crippen LogP) is 1.98. The van der Waals surface area contributed by atoms with Crippen LogP contribution in [-0.4, -0.2) is 43.6 Å². The molecule has 1 amide bonds. The SMILES string of the molecule is CNC(=O)C1Cc2ccccc2CN1Cn1cnc(-c2ccc([N+](=O)[O-])cc2)n1. The average molecular weight is 392 g/mol. The van der Waals surface area contributed by atoms with E-state index in [1.54, 1.807) is 30.2 Å². The molecule has 4 rings (SSSR count). The number of carbonyl (C=O) groups is 1. The number of nitrogens with zero attached hydrogens (tertiary/aromatic N) is 5. The lowest BCUT2D eigenvalue weighted by molar-refractivity contribution is -0.384. The molecule has 0 saturated heterocycles. The first-order valence-corrected chi connectivity index (χ1v) is 9.22. The molecule has 9 nitrogen and oxygen atoms in total. The van der Waals surface area contributed by atoms with E-state index in [1.807, 2.05) is 12.1 Å². The van der Waals surface area contributed by atoms with Crippen LogP contribution in [0.3, 0.4) is 0 Å². The molecular formula is C20H20N6O3. The largest absolute Gasteiger partial charge is 0.358 e. The molecule has 0 spiro atoms. The molecule has 2 aromatic carbocycles. The summed E-state index contributed by atoms with van der Waals surface area (Å²) < 4.78 is 1.68. The molecule has 1 aliphatic heterocycles. The molecule has 0 saturated carbocycles. The number of aromatic nitrogens is 3. The molecule has 1 aromatic heterocycles. The lowest BCUT2D eigenvalue weighted by Crippen LogP contribution is -2.49. The molecule has 1 N–H and O–H groups in total. The first-order chi connectivity index (χ1) is 14.0. The zero-order valence-corrected chi connectivity index (χ0v) is 15.9. The number of nitro benzene ring substituents is 1. The molecule has 0 aliphatic carbocycles. The summed E-state index contributed by atoms with van der Waals surface area (Å²) in [5.74, 6) is 0.448. The van der Waals surface area contributed by atoms with Gasteiger partial charge in [-0.1, -0.05) is 24.3 Å². The number of nitrogens with one attached hydrogen (secondary N) is 1. The average Bonchev–Trinajstić information content (AvgIpc) is 3.21. The lowest BCUT2D eigenvalue weighted by Gasteiger charge is -2.35. The smallest absolute Gasteiger partial charge is 0.269 e. The van der Waals surface area contributed by atoms with Crippen LogP contribution in [0.15, 0.2) is 54.9 Å². The Morgan fingerprint density at radius 2 is 1.93 bits per heavy atom. The first-order valence-electron chi connectivity index (χ1n) is 9.22. The summed E-state index contributed by atoms with van der Waals surface area (Å²) in [7, 11) is 1.64. The summed E-state index contributed by atoms with van der Waals surface area (Å²) >= 11 is 0. The maximum atomic E-state index is 12.4. The van der Waals surface area contributed by atoms with Gasteiger partial charge >= 0.3 is 0 Å². The topological polar surface area (TPSA) is 106 Å². The molecule has 0 fully saturated rings. The number of hydrogen-bond donors (Lipinski definition) is 1. The minimum absolute atomic E-state index is 0.0218. The first kappa shape index (κ1) is 18.8. The normalized spacial score (nSPS) is 16.2. The number of carbonyl (C=O) groups excluding carboxylic acids is 1. The highest BCUT2D eigenvalue weighted by molar-refractivity contribution is 5.82. The van der Waals surface area contributed by atoms with Crippen LogP contribution in [0.5, 0.6) is 0 Å². The summed E-state index contributed by atoms with van der Waals surface area (Å²) in [4.78, 5) is 29.2. The van der Waals surface area contributed by atoms with E-state index in [1.165, 1.54) is 23.3 Å². The molecule has 0 radical (unpaired) electrons. The summed E-state index contributed by atoms with van der Waals surface area (Å²) in [6.45, 7) is 1.05. The molecule has 2 heterocycles. The van der Waals surface area contributed by atoms with Crippen molar-refractivity contribution in [3.8, 4) is 11.4 Å². The van der Waals surface area contributed by atoms with Gasteiger partial charge in [0.05, 0.1) is 17.6 Å². The van der Waals surface area contributed by atoms with Gasteiger partial charge in [0.15, 0.2) is 5.82 Å². The predicted molar refractivity (Wildman–Crippen MR) is 106 cm³/mol. The third kappa shape index (κ3) is 3.85. The Kier molecular flexibility index (Phi) is 5.05. The minimum Gasteiger partial charge on any atom is -0.358 e. The number of amides is 1. The fourth-order valence-electron chi connectivity index (χ4n) is 3.56. The van der Waals surface area contributed by atoms with Gasteiger partial charge in [-0.25, -0.2) is 9.67 Å². The van der Waals surface area contributed by atoms with E-state index < -0.39 is 4.92 Å². The Hall–Kier alpha value is -3.59. The fraction of sp³-hybridized carbons (Fsp3) is 0.250. The van der Waals surface area contributed by atoms with E-state index in [2.05, 4.69) is 32.4 Å². The van der Waals surface area contributed by atoms with Crippen molar-refractivity contribution in [2.24, 2.45) is 0 Å². The van der Waals surface area contributed by atoms with Crippen LogP contribution in [0, 0.1) is 10.1 Å². The van der Waals surface area contributed by atoms with Crippen LogP contribution >= 0.6 is 0 Å². The number of non-ortho nitro benzene ring substituents is 1. The number of nitro groups is 1. The van der Waals surface area contributed by atoms with Crippen molar-refractivity contribution < 1.29 is 9.72 Å². The number of likely N-dealkylation sites (N-methyl/N-ethyl adjacent to an activating group) is 1.